The average molecular weight is 309 g/mol. The minimum absolute atomic E-state index is 0.191. The highest BCUT2D eigenvalue weighted by molar-refractivity contribution is 7.12. The van der Waals surface area contributed by atoms with Crippen LogP contribution in [-0.2, 0) is 0 Å². The second-order valence-corrected chi connectivity index (χ2v) is 8.43. The fraction of sp³-hybridized carbons (Fsp3) is 0.778. The lowest BCUT2D eigenvalue weighted by atomic mass is 10.0. The van der Waals surface area contributed by atoms with Crippen molar-refractivity contribution in [1.29, 1.82) is 0 Å². The summed E-state index contributed by atoms with van der Waals surface area (Å²) >= 11 is 1.92. The predicted octanol–water partition coefficient (Wildman–Crippen LogP) is 4.74. The lowest BCUT2D eigenvalue weighted by Crippen LogP contribution is -2.44. The fourth-order valence-corrected chi connectivity index (χ4v) is 4.64. The molecule has 1 aromatic heterocycles. The SMILES string of the molecule is Cc1ccc(C(C(C)N)N(CCC(C)C)C2CCCC2)s1. The summed E-state index contributed by atoms with van der Waals surface area (Å²) in [4.78, 5) is 5.59. The van der Waals surface area contributed by atoms with Crippen molar-refractivity contribution in [2.24, 2.45) is 11.7 Å². The van der Waals surface area contributed by atoms with Gasteiger partial charge in [0.2, 0.25) is 0 Å². The van der Waals surface area contributed by atoms with E-state index < -0.39 is 0 Å². The number of thiophene rings is 1. The maximum atomic E-state index is 6.42. The molecule has 0 aromatic carbocycles. The molecule has 0 aliphatic heterocycles. The molecule has 21 heavy (non-hydrogen) atoms. The summed E-state index contributed by atoms with van der Waals surface area (Å²) in [6, 6.07) is 5.86. The first kappa shape index (κ1) is 17.0. The van der Waals surface area contributed by atoms with Gasteiger partial charge in [-0.2, -0.15) is 0 Å². The van der Waals surface area contributed by atoms with Crippen LogP contribution >= 0.6 is 11.3 Å². The predicted molar refractivity (Wildman–Crippen MR) is 93.9 cm³/mol. The van der Waals surface area contributed by atoms with Gasteiger partial charge in [0, 0.05) is 21.8 Å². The van der Waals surface area contributed by atoms with E-state index in [0.29, 0.717) is 6.04 Å². The highest BCUT2D eigenvalue weighted by atomic mass is 32.1. The van der Waals surface area contributed by atoms with Crippen LogP contribution in [0.5, 0.6) is 0 Å². The van der Waals surface area contributed by atoms with Crippen molar-refractivity contribution in [1.82, 2.24) is 4.90 Å². The molecule has 0 spiro atoms. The fourth-order valence-electron chi connectivity index (χ4n) is 3.53. The van der Waals surface area contributed by atoms with Gasteiger partial charge >= 0.3 is 0 Å². The van der Waals surface area contributed by atoms with E-state index in [1.807, 2.05) is 11.3 Å². The van der Waals surface area contributed by atoms with Gasteiger partial charge in [-0.3, -0.25) is 4.90 Å². The third kappa shape index (κ3) is 4.54. The van der Waals surface area contributed by atoms with E-state index in [9.17, 15) is 0 Å². The highest BCUT2D eigenvalue weighted by Crippen LogP contribution is 2.36. The van der Waals surface area contributed by atoms with Gasteiger partial charge in [-0.1, -0.05) is 26.7 Å². The van der Waals surface area contributed by atoms with E-state index in [2.05, 4.69) is 44.7 Å². The Balaban J connectivity index is 2.21. The smallest absolute Gasteiger partial charge is 0.0593 e. The Kier molecular flexibility index (Phi) is 6.27. The van der Waals surface area contributed by atoms with Gasteiger partial charge in [0.25, 0.3) is 0 Å². The third-order valence-electron chi connectivity index (χ3n) is 4.67. The Morgan fingerprint density at radius 2 is 1.90 bits per heavy atom. The van der Waals surface area contributed by atoms with Crippen LogP contribution in [0, 0.1) is 12.8 Å². The summed E-state index contributed by atoms with van der Waals surface area (Å²) < 4.78 is 0. The number of hydrogen-bond acceptors (Lipinski definition) is 3. The molecule has 0 radical (unpaired) electrons. The molecule has 1 aliphatic carbocycles. The zero-order valence-corrected chi connectivity index (χ0v) is 15.0. The largest absolute Gasteiger partial charge is 0.326 e. The van der Waals surface area contributed by atoms with Crippen molar-refractivity contribution in [3.8, 4) is 0 Å². The molecule has 1 saturated carbocycles. The number of aryl methyl sites for hydroxylation is 1. The van der Waals surface area contributed by atoms with Crippen LogP contribution < -0.4 is 5.73 Å². The van der Waals surface area contributed by atoms with Gasteiger partial charge in [0.1, 0.15) is 0 Å². The van der Waals surface area contributed by atoms with Gasteiger partial charge in [-0.05, 0) is 57.7 Å². The standard InChI is InChI=1S/C18H32N2S/c1-13(2)11-12-20(16-7-5-6-8-16)18(15(4)19)17-10-9-14(3)21-17/h9-10,13,15-16,18H,5-8,11-12,19H2,1-4H3. The second-order valence-electron chi connectivity index (χ2n) is 7.11. The van der Waals surface area contributed by atoms with Crippen LogP contribution in [0.2, 0.25) is 0 Å². The van der Waals surface area contributed by atoms with Gasteiger partial charge in [0.15, 0.2) is 0 Å². The van der Waals surface area contributed by atoms with Crippen LogP contribution in [-0.4, -0.2) is 23.5 Å². The first-order valence-corrected chi connectivity index (χ1v) is 9.38. The van der Waals surface area contributed by atoms with Gasteiger partial charge in [0.05, 0.1) is 6.04 Å². The quantitative estimate of drug-likeness (QED) is 0.788. The van der Waals surface area contributed by atoms with Crippen LogP contribution in [0.25, 0.3) is 0 Å². The second kappa shape index (κ2) is 7.75. The van der Waals surface area contributed by atoms with Crippen molar-refractivity contribution in [3.63, 3.8) is 0 Å². The van der Waals surface area contributed by atoms with Crippen LogP contribution in [0.3, 0.4) is 0 Å². The van der Waals surface area contributed by atoms with E-state index in [4.69, 9.17) is 5.73 Å². The molecule has 0 saturated heterocycles. The highest BCUT2D eigenvalue weighted by Gasteiger charge is 2.32. The van der Waals surface area contributed by atoms with Crippen molar-refractivity contribution in [3.05, 3.63) is 21.9 Å². The van der Waals surface area contributed by atoms with Crippen molar-refractivity contribution in [2.45, 2.75) is 77.9 Å². The first-order chi connectivity index (χ1) is 9.99. The molecule has 2 rings (SSSR count). The number of nitrogens with two attached hydrogens (primary N) is 1. The Labute approximate surface area is 134 Å². The molecular weight excluding hydrogens is 276 g/mol. The molecule has 2 unspecified atom stereocenters. The van der Waals surface area contributed by atoms with Gasteiger partial charge in [-0.25, -0.2) is 0 Å². The zero-order chi connectivity index (χ0) is 15.4. The molecule has 2 N–H and O–H groups in total. The molecule has 0 amide bonds. The minimum Gasteiger partial charge on any atom is -0.326 e. The number of nitrogens with zero attached hydrogens (tertiary/aromatic N) is 1. The summed E-state index contributed by atoms with van der Waals surface area (Å²) in [5.41, 5.74) is 6.42. The molecule has 0 bridgehead atoms. The van der Waals surface area contributed by atoms with E-state index in [0.717, 1.165) is 12.0 Å². The maximum Gasteiger partial charge on any atom is 0.0593 e. The zero-order valence-electron chi connectivity index (χ0n) is 14.1. The number of rotatable bonds is 7. The summed E-state index contributed by atoms with van der Waals surface area (Å²) in [5, 5.41) is 0. The van der Waals surface area contributed by atoms with Gasteiger partial charge in [-0.15, -0.1) is 11.3 Å². The van der Waals surface area contributed by atoms with E-state index in [1.54, 1.807) is 0 Å². The summed E-state index contributed by atoms with van der Waals surface area (Å²) in [6.45, 7) is 10.2. The molecular formula is C18H32N2S. The van der Waals surface area contributed by atoms with Crippen LogP contribution in [0.4, 0.5) is 0 Å². The lowest BCUT2D eigenvalue weighted by Gasteiger charge is -2.38. The number of hydrogen-bond donors (Lipinski definition) is 1. The topological polar surface area (TPSA) is 29.3 Å². The van der Waals surface area contributed by atoms with Crippen LogP contribution in [0.15, 0.2) is 12.1 Å². The molecule has 2 atom stereocenters. The average Bonchev–Trinajstić information content (AvgIpc) is 3.04. The molecule has 120 valence electrons. The first-order valence-electron chi connectivity index (χ1n) is 8.56. The molecule has 2 nitrogen and oxygen atoms in total. The molecule has 1 fully saturated rings. The maximum absolute atomic E-state index is 6.42. The third-order valence-corrected chi connectivity index (χ3v) is 5.74. The van der Waals surface area contributed by atoms with Crippen molar-refractivity contribution < 1.29 is 0 Å². The Bertz CT molecular complexity index is 419. The molecule has 3 heteroatoms. The molecule has 1 heterocycles. The normalized spacial score (nSPS) is 19.6. The monoisotopic (exact) mass is 308 g/mol. The molecule has 1 aliphatic rings. The summed E-state index contributed by atoms with van der Waals surface area (Å²) in [6.07, 6.45) is 6.75. The Hall–Kier alpha value is -0.380. The summed E-state index contributed by atoms with van der Waals surface area (Å²) in [5.74, 6) is 0.757. The van der Waals surface area contributed by atoms with Crippen molar-refractivity contribution >= 4 is 11.3 Å². The van der Waals surface area contributed by atoms with Crippen molar-refractivity contribution in [2.75, 3.05) is 6.54 Å². The lowest BCUT2D eigenvalue weighted by molar-refractivity contribution is 0.114. The molecule has 1 aromatic rings. The summed E-state index contributed by atoms with van der Waals surface area (Å²) in [7, 11) is 0. The van der Waals surface area contributed by atoms with E-state index >= 15 is 0 Å². The minimum atomic E-state index is 0.191. The Morgan fingerprint density at radius 3 is 2.38 bits per heavy atom. The van der Waals surface area contributed by atoms with Gasteiger partial charge < -0.3 is 5.73 Å². The van der Waals surface area contributed by atoms with E-state index in [1.165, 1.54) is 48.4 Å². The van der Waals surface area contributed by atoms with E-state index in [-0.39, 0.29) is 6.04 Å². The Morgan fingerprint density at radius 1 is 1.24 bits per heavy atom. The van der Waals surface area contributed by atoms with Crippen LogP contribution in [0.1, 0.15) is 68.7 Å².